The third-order valence-corrected chi connectivity index (χ3v) is 5.59. The molecule has 0 aliphatic carbocycles. The molecule has 1 aromatic heterocycles. The minimum Gasteiger partial charge on any atom is -0.303 e. The zero-order chi connectivity index (χ0) is 16.1. The molecule has 1 aliphatic rings. The van der Waals surface area contributed by atoms with Crippen molar-refractivity contribution in [1.82, 2.24) is 9.88 Å². The molecule has 1 aromatic carbocycles. The average molecular weight is 367 g/mol. The smallest absolute Gasteiger partial charge is 0.123 e. The van der Waals surface area contributed by atoms with Crippen molar-refractivity contribution in [1.29, 1.82) is 0 Å². The molecule has 0 atom stereocenters. The van der Waals surface area contributed by atoms with Crippen molar-refractivity contribution in [3.8, 4) is 0 Å². The molecule has 0 amide bonds. The summed E-state index contributed by atoms with van der Waals surface area (Å²) >= 11 is 1.92. The summed E-state index contributed by atoms with van der Waals surface area (Å²) < 4.78 is 12.9. The van der Waals surface area contributed by atoms with Crippen LogP contribution in [-0.2, 0) is 6.42 Å². The lowest BCUT2D eigenvalue weighted by Crippen LogP contribution is -2.36. The molecule has 0 unspecified atom stereocenters. The third kappa shape index (κ3) is 5.76. The number of nitrogens with zero attached hydrogens (tertiary/aromatic N) is 2. The monoisotopic (exact) mass is 366 g/mol. The maximum absolute atomic E-state index is 12.9. The molecule has 3 rings (SSSR count). The Bertz CT molecular complexity index is 628. The minimum absolute atomic E-state index is 0. The van der Waals surface area contributed by atoms with E-state index in [-0.39, 0.29) is 18.2 Å². The van der Waals surface area contributed by atoms with Gasteiger partial charge in [0.2, 0.25) is 0 Å². The Morgan fingerprint density at radius 1 is 1.12 bits per heavy atom. The van der Waals surface area contributed by atoms with E-state index in [1.165, 1.54) is 18.4 Å². The van der Waals surface area contributed by atoms with Gasteiger partial charge in [-0.1, -0.05) is 18.2 Å². The fourth-order valence-corrected chi connectivity index (χ4v) is 4.09. The number of rotatable bonds is 5. The lowest BCUT2D eigenvalue weighted by Gasteiger charge is -2.31. The maximum atomic E-state index is 12.9. The van der Waals surface area contributed by atoms with E-state index in [0.29, 0.717) is 5.25 Å². The van der Waals surface area contributed by atoms with Gasteiger partial charge in [-0.3, -0.25) is 0 Å². The first-order valence-electron chi connectivity index (χ1n) is 8.26. The summed E-state index contributed by atoms with van der Waals surface area (Å²) in [7, 11) is 0. The van der Waals surface area contributed by atoms with Crippen LogP contribution in [0, 0.1) is 12.7 Å². The number of hydrogen-bond acceptors (Lipinski definition) is 3. The highest BCUT2D eigenvalue weighted by Crippen LogP contribution is 2.29. The van der Waals surface area contributed by atoms with Gasteiger partial charge in [-0.15, -0.1) is 24.2 Å². The van der Waals surface area contributed by atoms with Crippen molar-refractivity contribution < 1.29 is 4.39 Å². The molecular formula is C19H24ClFN2S. The van der Waals surface area contributed by atoms with Gasteiger partial charge in [0.1, 0.15) is 5.82 Å². The van der Waals surface area contributed by atoms with Crippen molar-refractivity contribution in [2.45, 2.75) is 36.5 Å². The second kappa shape index (κ2) is 9.40. The predicted molar refractivity (Wildman–Crippen MR) is 102 cm³/mol. The van der Waals surface area contributed by atoms with E-state index in [4.69, 9.17) is 0 Å². The summed E-state index contributed by atoms with van der Waals surface area (Å²) in [6.45, 7) is 5.39. The second-order valence-electron chi connectivity index (χ2n) is 6.15. The van der Waals surface area contributed by atoms with Gasteiger partial charge >= 0.3 is 0 Å². The molecule has 0 radical (unpaired) electrons. The van der Waals surface area contributed by atoms with Crippen molar-refractivity contribution in [2.75, 3.05) is 19.6 Å². The van der Waals surface area contributed by atoms with Gasteiger partial charge in [0.05, 0.1) is 5.03 Å². The number of pyridine rings is 1. The SMILES string of the molecule is Cc1cccc(SC2CCN(CCc3ccc(F)cc3)CC2)n1.Cl. The predicted octanol–water partition coefficient (Wildman–Crippen LogP) is 4.75. The second-order valence-corrected chi connectivity index (χ2v) is 7.47. The lowest BCUT2D eigenvalue weighted by molar-refractivity contribution is 0.235. The van der Waals surface area contributed by atoms with Crippen LogP contribution >= 0.6 is 24.2 Å². The summed E-state index contributed by atoms with van der Waals surface area (Å²) in [5.74, 6) is -0.156. The average Bonchev–Trinajstić information content (AvgIpc) is 2.56. The highest BCUT2D eigenvalue weighted by atomic mass is 35.5. The van der Waals surface area contributed by atoms with E-state index >= 15 is 0 Å². The standard InChI is InChI=1S/C19H23FN2S.ClH/c1-15-3-2-4-19(21-15)23-18-10-13-22(14-11-18)12-9-16-5-7-17(20)8-6-16;/h2-8,18H,9-14H2,1H3;1H. The van der Waals surface area contributed by atoms with Crippen LogP contribution in [-0.4, -0.2) is 34.8 Å². The van der Waals surface area contributed by atoms with Crippen LogP contribution in [0.15, 0.2) is 47.5 Å². The van der Waals surface area contributed by atoms with Gasteiger partial charge in [0.25, 0.3) is 0 Å². The number of piperidine rings is 1. The van der Waals surface area contributed by atoms with Gasteiger partial charge < -0.3 is 4.90 Å². The van der Waals surface area contributed by atoms with Crippen LogP contribution in [0.4, 0.5) is 4.39 Å². The van der Waals surface area contributed by atoms with Crippen molar-refractivity contribution in [3.05, 3.63) is 59.5 Å². The van der Waals surface area contributed by atoms with Crippen LogP contribution in [0.1, 0.15) is 24.1 Å². The van der Waals surface area contributed by atoms with Gasteiger partial charge in [-0.05, 0) is 69.1 Å². The quantitative estimate of drug-likeness (QED) is 0.759. The Morgan fingerprint density at radius 2 is 1.83 bits per heavy atom. The Hall–Kier alpha value is -1.10. The first-order valence-corrected chi connectivity index (χ1v) is 9.14. The molecule has 0 N–H and O–H groups in total. The number of aryl methyl sites for hydroxylation is 1. The van der Waals surface area contributed by atoms with Gasteiger partial charge in [-0.2, -0.15) is 0 Å². The van der Waals surface area contributed by atoms with Crippen LogP contribution < -0.4 is 0 Å². The highest BCUT2D eigenvalue weighted by molar-refractivity contribution is 7.99. The number of halogens is 2. The van der Waals surface area contributed by atoms with Gasteiger partial charge in [0, 0.05) is 17.5 Å². The molecule has 1 aliphatic heterocycles. The number of aromatic nitrogens is 1. The van der Waals surface area contributed by atoms with Crippen LogP contribution in [0.5, 0.6) is 0 Å². The summed E-state index contributed by atoms with van der Waals surface area (Å²) in [5, 5.41) is 1.82. The molecule has 5 heteroatoms. The summed E-state index contributed by atoms with van der Waals surface area (Å²) in [6.07, 6.45) is 3.42. The third-order valence-electron chi connectivity index (χ3n) is 4.31. The normalized spacial score (nSPS) is 15.9. The van der Waals surface area contributed by atoms with Crippen LogP contribution in [0.2, 0.25) is 0 Å². The molecule has 2 heterocycles. The number of benzene rings is 1. The molecule has 2 nitrogen and oxygen atoms in total. The highest BCUT2D eigenvalue weighted by Gasteiger charge is 2.20. The Labute approximate surface area is 154 Å². The molecule has 0 bridgehead atoms. The number of likely N-dealkylation sites (tertiary alicyclic amines) is 1. The van der Waals surface area contributed by atoms with Crippen molar-refractivity contribution in [2.24, 2.45) is 0 Å². The van der Waals surface area contributed by atoms with E-state index < -0.39 is 0 Å². The van der Waals surface area contributed by atoms with E-state index in [1.54, 1.807) is 12.1 Å². The van der Waals surface area contributed by atoms with Gasteiger partial charge in [-0.25, -0.2) is 9.37 Å². The fourth-order valence-electron chi connectivity index (χ4n) is 2.94. The molecule has 0 spiro atoms. The Kier molecular flexibility index (Phi) is 7.53. The zero-order valence-corrected chi connectivity index (χ0v) is 15.6. The molecule has 130 valence electrons. The largest absolute Gasteiger partial charge is 0.303 e. The number of hydrogen-bond donors (Lipinski definition) is 0. The zero-order valence-electron chi connectivity index (χ0n) is 14.0. The summed E-state index contributed by atoms with van der Waals surface area (Å²) in [6, 6.07) is 13.1. The maximum Gasteiger partial charge on any atom is 0.123 e. The topological polar surface area (TPSA) is 16.1 Å². The van der Waals surface area contributed by atoms with E-state index in [2.05, 4.69) is 22.0 Å². The van der Waals surface area contributed by atoms with E-state index in [9.17, 15) is 4.39 Å². The van der Waals surface area contributed by atoms with Gasteiger partial charge in [0.15, 0.2) is 0 Å². The Morgan fingerprint density at radius 3 is 2.50 bits per heavy atom. The molecule has 24 heavy (non-hydrogen) atoms. The van der Waals surface area contributed by atoms with E-state index in [0.717, 1.165) is 36.8 Å². The molecular weight excluding hydrogens is 343 g/mol. The molecule has 0 saturated carbocycles. The number of thioether (sulfide) groups is 1. The fraction of sp³-hybridized carbons (Fsp3) is 0.421. The Balaban J connectivity index is 0.00000208. The summed E-state index contributed by atoms with van der Waals surface area (Å²) in [4.78, 5) is 7.11. The van der Waals surface area contributed by atoms with Crippen molar-refractivity contribution >= 4 is 24.2 Å². The lowest BCUT2D eigenvalue weighted by atomic mass is 10.1. The first-order chi connectivity index (χ1) is 11.2. The summed E-state index contributed by atoms with van der Waals surface area (Å²) in [5.41, 5.74) is 2.30. The first kappa shape index (κ1) is 19.2. The molecule has 1 saturated heterocycles. The minimum atomic E-state index is -0.156. The molecule has 1 fully saturated rings. The van der Waals surface area contributed by atoms with Crippen LogP contribution in [0.25, 0.3) is 0 Å². The van der Waals surface area contributed by atoms with Crippen molar-refractivity contribution in [3.63, 3.8) is 0 Å². The molecule has 2 aromatic rings. The van der Waals surface area contributed by atoms with E-state index in [1.807, 2.05) is 36.9 Å². The van der Waals surface area contributed by atoms with Crippen LogP contribution in [0.3, 0.4) is 0 Å².